The number of halogens is 1. The van der Waals surface area contributed by atoms with Gasteiger partial charge in [0.25, 0.3) is 0 Å². The molecule has 1 aromatic carbocycles. The molecule has 0 bridgehead atoms. The number of hydrogen-bond acceptors (Lipinski definition) is 3. The van der Waals surface area contributed by atoms with Crippen molar-refractivity contribution in [1.29, 1.82) is 0 Å². The number of ether oxygens (including phenoxy) is 1. The number of likely N-dealkylation sites (tertiary alicyclic amines) is 1. The Labute approximate surface area is 134 Å². The van der Waals surface area contributed by atoms with Gasteiger partial charge in [-0.15, -0.1) is 0 Å². The first-order valence-corrected chi connectivity index (χ1v) is 7.64. The zero-order valence-electron chi connectivity index (χ0n) is 12.5. The third-order valence-corrected chi connectivity index (χ3v) is 3.73. The molecule has 6 nitrogen and oxygen atoms in total. The Kier molecular flexibility index (Phi) is 5.89. The standard InChI is InChI=1S/C15H20ClN3O3/c1-22-13-5-4-11(16)10-12(13)18-15(21)17-7-6-14(20)19-8-2-3-9-19/h4-5,10H,2-3,6-9H2,1H3,(H2,17,18,21). The molecule has 22 heavy (non-hydrogen) atoms. The molecule has 7 heteroatoms. The third-order valence-electron chi connectivity index (χ3n) is 3.49. The molecule has 1 aromatic rings. The van der Waals surface area contributed by atoms with E-state index >= 15 is 0 Å². The molecule has 0 atom stereocenters. The molecule has 0 aliphatic carbocycles. The Bertz CT molecular complexity index is 545. The van der Waals surface area contributed by atoms with E-state index < -0.39 is 6.03 Å². The van der Waals surface area contributed by atoms with E-state index in [0.717, 1.165) is 25.9 Å². The van der Waals surface area contributed by atoms with E-state index in [0.29, 0.717) is 29.4 Å². The van der Waals surface area contributed by atoms with Crippen LogP contribution in [0.1, 0.15) is 19.3 Å². The van der Waals surface area contributed by atoms with Crippen molar-refractivity contribution in [2.75, 3.05) is 32.1 Å². The van der Waals surface area contributed by atoms with Crippen molar-refractivity contribution in [2.45, 2.75) is 19.3 Å². The molecule has 1 aliphatic heterocycles. The van der Waals surface area contributed by atoms with Gasteiger partial charge in [-0.05, 0) is 31.0 Å². The lowest BCUT2D eigenvalue weighted by Crippen LogP contribution is -2.34. The highest BCUT2D eigenvalue weighted by Crippen LogP contribution is 2.27. The number of nitrogens with zero attached hydrogens (tertiary/aromatic N) is 1. The van der Waals surface area contributed by atoms with E-state index in [1.165, 1.54) is 7.11 Å². The smallest absolute Gasteiger partial charge is 0.319 e. The molecule has 0 saturated carbocycles. The number of carbonyl (C=O) groups excluding carboxylic acids is 2. The van der Waals surface area contributed by atoms with E-state index in [-0.39, 0.29) is 5.91 Å². The van der Waals surface area contributed by atoms with Crippen LogP contribution in [0.3, 0.4) is 0 Å². The molecule has 0 spiro atoms. The fourth-order valence-electron chi connectivity index (χ4n) is 2.35. The van der Waals surface area contributed by atoms with Gasteiger partial charge in [0.1, 0.15) is 5.75 Å². The second-order valence-electron chi connectivity index (χ2n) is 5.06. The number of methoxy groups -OCH3 is 1. The van der Waals surface area contributed by atoms with E-state index in [9.17, 15) is 9.59 Å². The third kappa shape index (κ3) is 4.53. The van der Waals surface area contributed by atoms with Gasteiger partial charge in [-0.2, -0.15) is 0 Å². The molecule has 1 saturated heterocycles. The second-order valence-corrected chi connectivity index (χ2v) is 5.50. The van der Waals surface area contributed by atoms with Gasteiger partial charge in [0.15, 0.2) is 0 Å². The fourth-order valence-corrected chi connectivity index (χ4v) is 2.52. The predicted molar refractivity (Wildman–Crippen MR) is 85.5 cm³/mol. The average molecular weight is 326 g/mol. The van der Waals surface area contributed by atoms with E-state index in [1.807, 2.05) is 4.90 Å². The van der Waals surface area contributed by atoms with E-state index in [2.05, 4.69) is 10.6 Å². The Balaban J connectivity index is 1.78. The van der Waals surface area contributed by atoms with Crippen LogP contribution >= 0.6 is 11.6 Å². The summed E-state index contributed by atoms with van der Waals surface area (Å²) >= 11 is 5.90. The summed E-state index contributed by atoms with van der Waals surface area (Å²) in [6.45, 7) is 1.94. The van der Waals surface area contributed by atoms with Crippen LogP contribution in [0.2, 0.25) is 5.02 Å². The van der Waals surface area contributed by atoms with Gasteiger partial charge >= 0.3 is 6.03 Å². The highest BCUT2D eigenvalue weighted by atomic mass is 35.5. The maximum Gasteiger partial charge on any atom is 0.319 e. The second kappa shape index (κ2) is 7.89. The Morgan fingerprint density at radius 3 is 2.73 bits per heavy atom. The lowest BCUT2D eigenvalue weighted by molar-refractivity contribution is -0.129. The number of amides is 3. The minimum atomic E-state index is -0.394. The van der Waals surface area contributed by atoms with Crippen LogP contribution in [0.4, 0.5) is 10.5 Å². The molecule has 0 aromatic heterocycles. The van der Waals surface area contributed by atoms with Crippen LogP contribution in [0.5, 0.6) is 5.75 Å². The molecule has 1 aliphatic rings. The zero-order chi connectivity index (χ0) is 15.9. The summed E-state index contributed by atoms with van der Waals surface area (Å²) in [7, 11) is 1.51. The summed E-state index contributed by atoms with van der Waals surface area (Å²) in [5.74, 6) is 0.603. The minimum Gasteiger partial charge on any atom is -0.495 e. The van der Waals surface area contributed by atoms with Gasteiger partial charge in [0.05, 0.1) is 12.8 Å². The number of carbonyl (C=O) groups is 2. The summed E-state index contributed by atoms with van der Waals surface area (Å²) in [6.07, 6.45) is 2.43. The van der Waals surface area contributed by atoms with Gasteiger partial charge in [0, 0.05) is 31.1 Å². The predicted octanol–water partition coefficient (Wildman–Crippen LogP) is 2.48. The number of nitrogens with one attached hydrogen (secondary N) is 2. The molecule has 2 N–H and O–H groups in total. The molecule has 0 radical (unpaired) electrons. The number of anilines is 1. The van der Waals surface area contributed by atoms with Crippen LogP contribution < -0.4 is 15.4 Å². The highest BCUT2D eigenvalue weighted by molar-refractivity contribution is 6.31. The molecular weight excluding hydrogens is 306 g/mol. The summed E-state index contributed by atoms with van der Waals surface area (Å²) in [5, 5.41) is 5.82. The number of benzene rings is 1. The first-order valence-electron chi connectivity index (χ1n) is 7.26. The highest BCUT2D eigenvalue weighted by Gasteiger charge is 2.17. The van der Waals surface area contributed by atoms with Crippen LogP contribution in [-0.4, -0.2) is 43.6 Å². The Morgan fingerprint density at radius 1 is 1.32 bits per heavy atom. The monoisotopic (exact) mass is 325 g/mol. The van der Waals surface area contributed by atoms with E-state index in [4.69, 9.17) is 16.3 Å². The van der Waals surface area contributed by atoms with E-state index in [1.54, 1.807) is 18.2 Å². The van der Waals surface area contributed by atoms with Gasteiger partial charge < -0.3 is 20.3 Å². The fraction of sp³-hybridized carbons (Fsp3) is 0.467. The number of rotatable bonds is 5. The summed E-state index contributed by atoms with van der Waals surface area (Å²) in [5.41, 5.74) is 0.485. The molecule has 2 rings (SSSR count). The van der Waals surface area contributed by atoms with Gasteiger partial charge in [0.2, 0.25) is 5.91 Å². The first kappa shape index (κ1) is 16.4. The van der Waals surface area contributed by atoms with Gasteiger partial charge in [-0.3, -0.25) is 4.79 Å². The molecule has 1 heterocycles. The van der Waals surface area contributed by atoms with Crippen molar-refractivity contribution in [3.05, 3.63) is 23.2 Å². The molecule has 3 amide bonds. The quantitative estimate of drug-likeness (QED) is 0.873. The minimum absolute atomic E-state index is 0.0816. The molecule has 120 valence electrons. The van der Waals surface area contributed by atoms with Crippen molar-refractivity contribution in [3.63, 3.8) is 0 Å². The summed E-state index contributed by atoms with van der Waals surface area (Å²) in [4.78, 5) is 25.5. The van der Waals surface area contributed by atoms with Crippen molar-refractivity contribution in [1.82, 2.24) is 10.2 Å². The maximum absolute atomic E-state index is 11.8. The van der Waals surface area contributed by atoms with Crippen LogP contribution in [0.25, 0.3) is 0 Å². The SMILES string of the molecule is COc1ccc(Cl)cc1NC(=O)NCCC(=O)N1CCCC1. The topological polar surface area (TPSA) is 70.7 Å². The van der Waals surface area contributed by atoms with Gasteiger partial charge in [-0.25, -0.2) is 4.79 Å². The molecule has 1 fully saturated rings. The lowest BCUT2D eigenvalue weighted by Gasteiger charge is -2.15. The Hall–Kier alpha value is -1.95. The largest absolute Gasteiger partial charge is 0.495 e. The van der Waals surface area contributed by atoms with Crippen LogP contribution in [-0.2, 0) is 4.79 Å². The molecular formula is C15H20ClN3O3. The normalized spacial score (nSPS) is 13.8. The molecule has 0 unspecified atom stereocenters. The summed E-state index contributed by atoms with van der Waals surface area (Å²) in [6, 6.07) is 4.57. The number of hydrogen-bond donors (Lipinski definition) is 2. The van der Waals surface area contributed by atoms with Crippen molar-refractivity contribution in [3.8, 4) is 5.75 Å². The van der Waals surface area contributed by atoms with Crippen LogP contribution in [0.15, 0.2) is 18.2 Å². The van der Waals surface area contributed by atoms with Gasteiger partial charge in [-0.1, -0.05) is 11.6 Å². The average Bonchev–Trinajstić information content (AvgIpc) is 3.01. The maximum atomic E-state index is 11.8. The van der Waals surface area contributed by atoms with Crippen molar-refractivity contribution < 1.29 is 14.3 Å². The Morgan fingerprint density at radius 2 is 2.05 bits per heavy atom. The summed E-state index contributed by atoms with van der Waals surface area (Å²) < 4.78 is 5.15. The zero-order valence-corrected chi connectivity index (χ0v) is 13.3. The van der Waals surface area contributed by atoms with Crippen molar-refractivity contribution in [2.24, 2.45) is 0 Å². The number of urea groups is 1. The van der Waals surface area contributed by atoms with Crippen molar-refractivity contribution >= 4 is 29.2 Å². The van der Waals surface area contributed by atoms with Crippen LogP contribution in [0, 0.1) is 0 Å². The first-order chi connectivity index (χ1) is 10.6. The lowest BCUT2D eigenvalue weighted by atomic mass is 10.3.